The number of para-hydroxylation sites is 3. The summed E-state index contributed by atoms with van der Waals surface area (Å²) in [5.41, 5.74) is 10.4. The van der Waals surface area contributed by atoms with Crippen molar-refractivity contribution in [2.45, 2.75) is 44.4 Å². The molecule has 0 radical (unpaired) electrons. The topological polar surface area (TPSA) is 35.6 Å². The maximum atomic E-state index is 5.59. The minimum absolute atomic E-state index is 0.241. The first-order chi connectivity index (χ1) is 27.1. The first-order valence-electron chi connectivity index (χ1n) is 19.9. The van der Waals surface area contributed by atoms with Gasteiger partial charge in [0.25, 0.3) is 0 Å². The number of hydrogen-bond acceptors (Lipinski definition) is 2. The Balaban J connectivity index is 1.10. The van der Waals surface area contributed by atoms with E-state index in [-0.39, 0.29) is 5.41 Å². The molecule has 3 heterocycles. The van der Waals surface area contributed by atoms with E-state index < -0.39 is 0 Å². The van der Waals surface area contributed by atoms with E-state index in [2.05, 4.69) is 168 Å². The van der Waals surface area contributed by atoms with Gasteiger partial charge < -0.3 is 4.57 Å². The fourth-order valence-corrected chi connectivity index (χ4v) is 10.9. The van der Waals surface area contributed by atoms with Crippen molar-refractivity contribution >= 4 is 65.3 Å². The van der Waals surface area contributed by atoms with Gasteiger partial charge in [-0.25, -0.2) is 9.97 Å². The summed E-state index contributed by atoms with van der Waals surface area (Å²) in [6, 6.07) is 55.5. The van der Waals surface area contributed by atoms with Crippen molar-refractivity contribution in [3.8, 4) is 22.9 Å². The summed E-state index contributed by atoms with van der Waals surface area (Å²) < 4.78 is 4.68. The molecule has 2 atom stereocenters. The van der Waals surface area contributed by atoms with Gasteiger partial charge in [0.05, 0.1) is 33.3 Å². The van der Waals surface area contributed by atoms with Crippen LogP contribution in [0.2, 0.25) is 0 Å². The lowest BCUT2D eigenvalue weighted by atomic mass is 9.66. The standard InChI is InChI=1S/C51H40N4/c1-51(30-32-18-19-33(28-32)31-51)36-23-20-35(21-24-36)49-48-38-11-3-2-10-34(38)22-27-43(48)52-50(53-49)55-46-17-9-6-14-41(46)42-26-25-37(29-47(42)55)54-44-15-7-4-12-39(44)40-13-5-8-16-45(40)54/h2-17,20-27,29,32-33H,18-19,28,30-31H2,1H3/t32-,33-/m1/s1. The van der Waals surface area contributed by atoms with Gasteiger partial charge in [-0.15, -0.1) is 0 Å². The van der Waals surface area contributed by atoms with Crippen LogP contribution in [0.4, 0.5) is 0 Å². The van der Waals surface area contributed by atoms with E-state index in [0.717, 1.165) is 50.7 Å². The summed E-state index contributed by atoms with van der Waals surface area (Å²) in [4.78, 5) is 11.0. The van der Waals surface area contributed by atoms with E-state index in [9.17, 15) is 0 Å². The molecular weight excluding hydrogens is 669 g/mol. The van der Waals surface area contributed by atoms with E-state index in [0.29, 0.717) is 5.95 Å². The summed E-state index contributed by atoms with van der Waals surface area (Å²) >= 11 is 0. The van der Waals surface area contributed by atoms with Crippen LogP contribution in [-0.2, 0) is 5.41 Å². The molecule has 4 nitrogen and oxygen atoms in total. The molecular formula is C51H40N4. The van der Waals surface area contributed by atoms with Crippen molar-refractivity contribution < 1.29 is 0 Å². The Kier molecular flexibility index (Phi) is 6.58. The maximum Gasteiger partial charge on any atom is 0.235 e. The molecule has 0 amide bonds. The van der Waals surface area contributed by atoms with Gasteiger partial charge in [0.15, 0.2) is 0 Å². The van der Waals surface area contributed by atoms with Crippen molar-refractivity contribution in [2.24, 2.45) is 11.8 Å². The molecule has 2 aliphatic rings. The molecule has 2 bridgehead atoms. The van der Waals surface area contributed by atoms with Crippen LogP contribution in [-0.4, -0.2) is 19.1 Å². The molecule has 0 unspecified atom stereocenters. The van der Waals surface area contributed by atoms with Gasteiger partial charge in [-0.05, 0) is 89.2 Å². The molecule has 4 heteroatoms. The number of rotatable bonds is 4. The summed E-state index contributed by atoms with van der Waals surface area (Å²) in [7, 11) is 0. The second-order valence-corrected chi connectivity index (χ2v) is 16.6. The lowest BCUT2D eigenvalue weighted by molar-refractivity contribution is 0.232. The lowest BCUT2D eigenvalue weighted by Gasteiger charge is -2.38. The average molecular weight is 709 g/mol. The van der Waals surface area contributed by atoms with Crippen molar-refractivity contribution in [2.75, 3.05) is 0 Å². The van der Waals surface area contributed by atoms with Crippen molar-refractivity contribution in [1.29, 1.82) is 0 Å². The summed E-state index contributed by atoms with van der Waals surface area (Å²) in [6.45, 7) is 2.51. The van der Waals surface area contributed by atoms with E-state index >= 15 is 0 Å². The molecule has 0 spiro atoms. The Morgan fingerprint density at radius 3 is 1.78 bits per heavy atom. The van der Waals surface area contributed by atoms with Gasteiger partial charge in [-0.1, -0.05) is 135 Å². The Bertz CT molecular complexity index is 3100. The van der Waals surface area contributed by atoms with E-state index in [1.54, 1.807) is 0 Å². The highest BCUT2D eigenvalue weighted by Crippen LogP contribution is 2.52. The molecule has 2 aliphatic carbocycles. The van der Waals surface area contributed by atoms with Crippen LogP contribution in [0.15, 0.2) is 152 Å². The second kappa shape index (κ2) is 11.6. The summed E-state index contributed by atoms with van der Waals surface area (Å²) in [5.74, 6) is 2.44. The van der Waals surface area contributed by atoms with Gasteiger partial charge >= 0.3 is 0 Å². The molecule has 3 aromatic heterocycles. The van der Waals surface area contributed by atoms with E-state index in [4.69, 9.17) is 9.97 Å². The third kappa shape index (κ3) is 4.64. The van der Waals surface area contributed by atoms with Crippen molar-refractivity contribution in [1.82, 2.24) is 19.1 Å². The minimum Gasteiger partial charge on any atom is -0.309 e. The highest BCUT2D eigenvalue weighted by atomic mass is 15.2. The van der Waals surface area contributed by atoms with E-state index in [1.165, 1.54) is 81.0 Å². The number of benzene rings is 7. The highest BCUT2D eigenvalue weighted by Gasteiger charge is 2.41. The molecule has 0 aliphatic heterocycles. The van der Waals surface area contributed by atoms with E-state index in [1.807, 2.05) is 0 Å². The Morgan fingerprint density at radius 1 is 0.527 bits per heavy atom. The largest absolute Gasteiger partial charge is 0.309 e. The van der Waals surface area contributed by atoms with Gasteiger partial charge in [-0.3, -0.25) is 4.57 Å². The number of aromatic nitrogens is 4. The molecule has 7 aromatic carbocycles. The lowest BCUT2D eigenvalue weighted by Crippen LogP contribution is -2.30. The normalized spacial score (nSPS) is 19.8. The zero-order valence-corrected chi connectivity index (χ0v) is 30.9. The Hall–Kier alpha value is -6.26. The fourth-order valence-electron chi connectivity index (χ4n) is 10.9. The fraction of sp³-hybridized carbons (Fsp3) is 0.176. The monoisotopic (exact) mass is 708 g/mol. The van der Waals surface area contributed by atoms with Gasteiger partial charge in [-0.2, -0.15) is 0 Å². The van der Waals surface area contributed by atoms with Crippen LogP contribution < -0.4 is 0 Å². The average Bonchev–Trinajstić information content (AvgIpc) is 3.88. The molecule has 12 rings (SSSR count). The minimum atomic E-state index is 0.241. The SMILES string of the molecule is CC1(c2ccc(-c3nc(-n4c5ccccc5c5ccc(-n6c7ccccc7c7ccccc76)cc54)nc4ccc5ccccc5c34)cc2)C[C@@H]2CC[C@H](C2)C1. The molecule has 10 aromatic rings. The Morgan fingerprint density at radius 2 is 1.11 bits per heavy atom. The highest BCUT2D eigenvalue weighted by molar-refractivity contribution is 6.14. The van der Waals surface area contributed by atoms with Crippen LogP contribution >= 0.6 is 0 Å². The molecule has 0 saturated heterocycles. The molecule has 2 fully saturated rings. The van der Waals surface area contributed by atoms with Gasteiger partial charge in [0, 0.05) is 38.2 Å². The third-order valence-electron chi connectivity index (χ3n) is 13.3. The number of fused-ring (bicyclic) bond motifs is 11. The van der Waals surface area contributed by atoms with Crippen molar-refractivity contribution in [3.63, 3.8) is 0 Å². The summed E-state index contributed by atoms with van der Waals surface area (Å²) in [5, 5.41) is 8.35. The maximum absolute atomic E-state index is 5.59. The predicted molar refractivity (Wildman–Crippen MR) is 229 cm³/mol. The first-order valence-corrected chi connectivity index (χ1v) is 19.9. The molecule has 55 heavy (non-hydrogen) atoms. The quantitative estimate of drug-likeness (QED) is 0.171. The molecule has 2 saturated carbocycles. The van der Waals surface area contributed by atoms with Crippen LogP contribution in [0.5, 0.6) is 0 Å². The molecule has 0 N–H and O–H groups in total. The smallest absolute Gasteiger partial charge is 0.235 e. The van der Waals surface area contributed by atoms with Gasteiger partial charge in [0.2, 0.25) is 5.95 Å². The first kappa shape index (κ1) is 31.1. The van der Waals surface area contributed by atoms with Crippen LogP contribution in [0.3, 0.4) is 0 Å². The third-order valence-corrected chi connectivity index (χ3v) is 13.3. The van der Waals surface area contributed by atoms with Crippen LogP contribution in [0.1, 0.15) is 44.6 Å². The van der Waals surface area contributed by atoms with Crippen molar-refractivity contribution in [3.05, 3.63) is 157 Å². The Labute approximate surface area is 319 Å². The second-order valence-electron chi connectivity index (χ2n) is 16.6. The number of hydrogen-bond donors (Lipinski definition) is 0. The number of nitrogens with zero attached hydrogens (tertiary/aromatic N) is 4. The van der Waals surface area contributed by atoms with Gasteiger partial charge in [0.1, 0.15) is 0 Å². The van der Waals surface area contributed by atoms with Crippen LogP contribution in [0, 0.1) is 11.8 Å². The summed E-state index contributed by atoms with van der Waals surface area (Å²) in [6.07, 6.45) is 6.85. The van der Waals surface area contributed by atoms with Crippen LogP contribution in [0.25, 0.3) is 88.2 Å². The molecule has 264 valence electrons. The zero-order chi connectivity index (χ0) is 36.3. The zero-order valence-electron chi connectivity index (χ0n) is 30.9. The predicted octanol–water partition coefficient (Wildman–Crippen LogP) is 13.1.